The molecule has 0 spiro atoms. The van der Waals surface area contributed by atoms with Crippen molar-refractivity contribution in [3.63, 3.8) is 0 Å². The number of amides is 2. The normalized spacial score (nSPS) is 15.4. The number of ether oxygens (including phenoxy) is 1. The van der Waals surface area contributed by atoms with E-state index in [0.29, 0.717) is 13.2 Å². The third kappa shape index (κ3) is 5.62. The van der Waals surface area contributed by atoms with Crippen molar-refractivity contribution in [2.75, 3.05) is 19.7 Å². The number of halogens is 1. The Hall–Kier alpha value is -3.19. The lowest BCUT2D eigenvalue weighted by Crippen LogP contribution is -2.53. The van der Waals surface area contributed by atoms with Gasteiger partial charge in [0.2, 0.25) is 5.91 Å². The van der Waals surface area contributed by atoms with Crippen molar-refractivity contribution in [2.24, 2.45) is 0 Å². The number of thiophene rings is 1. The van der Waals surface area contributed by atoms with Gasteiger partial charge in [0.1, 0.15) is 24.7 Å². The molecule has 1 aliphatic heterocycles. The predicted octanol–water partition coefficient (Wildman–Crippen LogP) is 5.95. The fourth-order valence-electron chi connectivity index (χ4n) is 4.62. The number of fused-ring (bicyclic) bond motifs is 1. The monoisotopic (exact) mass is 508 g/mol. The second kappa shape index (κ2) is 10.4. The molecule has 2 amide bonds. The highest BCUT2D eigenvalue weighted by atomic mass is 32.1. The number of rotatable bonds is 6. The lowest BCUT2D eigenvalue weighted by atomic mass is 9.99. The minimum absolute atomic E-state index is 0.0988. The number of benzene rings is 2. The molecule has 0 radical (unpaired) electrons. The van der Waals surface area contributed by atoms with Crippen molar-refractivity contribution in [3.05, 3.63) is 86.9 Å². The highest BCUT2D eigenvalue weighted by Gasteiger charge is 2.36. The van der Waals surface area contributed by atoms with Crippen molar-refractivity contribution >= 4 is 23.2 Å². The predicted molar refractivity (Wildman–Crippen MR) is 141 cm³/mol. The Balaban J connectivity index is 1.57. The van der Waals surface area contributed by atoms with Crippen molar-refractivity contribution in [1.29, 1.82) is 0 Å². The van der Waals surface area contributed by atoms with Gasteiger partial charge in [-0.05, 0) is 87.9 Å². The molecule has 1 aromatic heterocycles. The standard InChI is InChI=1S/C29H33FN2O3S/c1-19-9-10-25(20(2)15-19)35-18-24-23-12-14-36-26(23)11-13-31(24)27(33)17-32(29(3,4)5)28(34)21-7-6-8-22(30)16-21/h6-10,12,14-16,24H,11,13,17-18H2,1-5H3/t24-/m0/s1. The summed E-state index contributed by atoms with van der Waals surface area (Å²) in [6.45, 7) is 10.5. The molecule has 190 valence electrons. The Morgan fingerprint density at radius 1 is 1.14 bits per heavy atom. The van der Waals surface area contributed by atoms with E-state index < -0.39 is 11.4 Å². The maximum Gasteiger partial charge on any atom is 0.254 e. The number of carbonyl (C=O) groups excluding carboxylic acids is 2. The van der Waals surface area contributed by atoms with Crippen LogP contribution in [0.15, 0.2) is 53.9 Å². The number of aryl methyl sites for hydroxylation is 2. The summed E-state index contributed by atoms with van der Waals surface area (Å²) in [4.78, 5) is 31.7. The molecule has 0 saturated heterocycles. The fourth-order valence-corrected chi connectivity index (χ4v) is 5.55. The molecule has 0 unspecified atom stereocenters. The van der Waals surface area contributed by atoms with Gasteiger partial charge in [-0.1, -0.05) is 23.8 Å². The maximum atomic E-state index is 13.8. The van der Waals surface area contributed by atoms with Gasteiger partial charge in [0.25, 0.3) is 5.91 Å². The van der Waals surface area contributed by atoms with Gasteiger partial charge >= 0.3 is 0 Å². The second-order valence-corrected chi connectivity index (χ2v) is 11.3. The van der Waals surface area contributed by atoms with Crippen LogP contribution in [0.3, 0.4) is 0 Å². The highest BCUT2D eigenvalue weighted by molar-refractivity contribution is 7.10. The second-order valence-electron chi connectivity index (χ2n) is 10.3. The van der Waals surface area contributed by atoms with E-state index in [4.69, 9.17) is 4.74 Å². The molecule has 0 bridgehead atoms. The summed E-state index contributed by atoms with van der Waals surface area (Å²) in [5.41, 5.74) is 2.91. The molecule has 0 saturated carbocycles. The average molecular weight is 509 g/mol. The minimum atomic E-state index is -0.632. The third-order valence-corrected chi connectivity index (χ3v) is 7.56. The molecular formula is C29H33FN2O3S. The summed E-state index contributed by atoms with van der Waals surface area (Å²) in [6.07, 6.45) is 0.770. The zero-order chi connectivity index (χ0) is 26.0. The van der Waals surface area contributed by atoms with E-state index in [1.54, 1.807) is 17.4 Å². The average Bonchev–Trinajstić information content (AvgIpc) is 3.30. The third-order valence-electron chi connectivity index (χ3n) is 6.56. The SMILES string of the molecule is Cc1ccc(OC[C@H]2c3ccsc3CCN2C(=O)CN(C(=O)c2cccc(F)c2)C(C)(C)C)c(C)c1. The number of carbonyl (C=O) groups is 2. The van der Waals surface area contributed by atoms with Crippen LogP contribution in [-0.2, 0) is 11.2 Å². The Bertz CT molecular complexity index is 1260. The van der Waals surface area contributed by atoms with Gasteiger partial charge in [-0.15, -0.1) is 11.3 Å². The van der Waals surface area contributed by atoms with Crippen LogP contribution in [0.1, 0.15) is 58.7 Å². The molecule has 3 aromatic rings. The summed E-state index contributed by atoms with van der Waals surface area (Å²) in [6, 6.07) is 13.5. The summed E-state index contributed by atoms with van der Waals surface area (Å²) in [7, 11) is 0. The van der Waals surface area contributed by atoms with Crippen molar-refractivity contribution in [2.45, 2.75) is 52.6 Å². The van der Waals surface area contributed by atoms with E-state index in [-0.39, 0.29) is 30.0 Å². The summed E-state index contributed by atoms with van der Waals surface area (Å²) in [5, 5.41) is 2.05. The summed E-state index contributed by atoms with van der Waals surface area (Å²) in [5.74, 6) is -0.203. The summed E-state index contributed by atoms with van der Waals surface area (Å²) < 4.78 is 20.0. The van der Waals surface area contributed by atoms with Gasteiger partial charge in [-0.3, -0.25) is 9.59 Å². The molecular weight excluding hydrogens is 475 g/mol. The zero-order valence-electron chi connectivity index (χ0n) is 21.5. The molecule has 0 N–H and O–H groups in total. The smallest absolute Gasteiger partial charge is 0.254 e. The first-order valence-electron chi connectivity index (χ1n) is 12.2. The maximum absolute atomic E-state index is 13.8. The quantitative estimate of drug-likeness (QED) is 0.413. The summed E-state index contributed by atoms with van der Waals surface area (Å²) >= 11 is 1.70. The molecule has 5 nitrogen and oxygen atoms in total. The molecule has 4 rings (SSSR count). The van der Waals surface area contributed by atoms with Gasteiger partial charge in [-0.25, -0.2) is 4.39 Å². The number of nitrogens with zero attached hydrogens (tertiary/aromatic N) is 2. The molecule has 2 aromatic carbocycles. The molecule has 0 fully saturated rings. The van der Waals surface area contributed by atoms with E-state index in [0.717, 1.165) is 23.3 Å². The van der Waals surface area contributed by atoms with Gasteiger partial charge in [0.05, 0.1) is 6.04 Å². The van der Waals surface area contributed by atoms with Gasteiger partial charge < -0.3 is 14.5 Å². The molecule has 7 heteroatoms. The first-order valence-corrected chi connectivity index (χ1v) is 13.1. The lowest BCUT2D eigenvalue weighted by Gasteiger charge is -2.40. The van der Waals surface area contributed by atoms with Gasteiger partial charge in [-0.2, -0.15) is 0 Å². The van der Waals surface area contributed by atoms with E-state index in [9.17, 15) is 14.0 Å². The Kier molecular flexibility index (Phi) is 7.50. The molecule has 1 aliphatic rings. The van der Waals surface area contributed by atoms with E-state index >= 15 is 0 Å². The molecule has 1 atom stereocenters. The van der Waals surface area contributed by atoms with Crippen LogP contribution in [0.25, 0.3) is 0 Å². The highest BCUT2D eigenvalue weighted by Crippen LogP contribution is 2.35. The Morgan fingerprint density at radius 3 is 2.61 bits per heavy atom. The van der Waals surface area contributed by atoms with Crippen molar-refractivity contribution in [1.82, 2.24) is 9.80 Å². The minimum Gasteiger partial charge on any atom is -0.491 e. The van der Waals surface area contributed by atoms with Crippen LogP contribution in [0, 0.1) is 19.7 Å². The van der Waals surface area contributed by atoms with Crippen LogP contribution in [0.4, 0.5) is 4.39 Å². The van der Waals surface area contributed by atoms with E-state index in [2.05, 4.69) is 17.5 Å². The zero-order valence-corrected chi connectivity index (χ0v) is 22.3. The first kappa shape index (κ1) is 25.9. The van der Waals surface area contributed by atoms with Crippen molar-refractivity contribution in [3.8, 4) is 5.75 Å². The van der Waals surface area contributed by atoms with Crippen molar-refractivity contribution < 1.29 is 18.7 Å². The van der Waals surface area contributed by atoms with E-state index in [1.165, 1.54) is 33.5 Å². The number of hydrogen-bond donors (Lipinski definition) is 0. The number of hydrogen-bond acceptors (Lipinski definition) is 4. The topological polar surface area (TPSA) is 49.9 Å². The van der Waals surface area contributed by atoms with Crippen LogP contribution >= 0.6 is 11.3 Å². The van der Waals surface area contributed by atoms with E-state index in [1.807, 2.05) is 51.7 Å². The van der Waals surface area contributed by atoms with Crippen LogP contribution < -0.4 is 4.74 Å². The van der Waals surface area contributed by atoms with Crippen LogP contribution in [0.2, 0.25) is 0 Å². The molecule has 2 heterocycles. The van der Waals surface area contributed by atoms with Gasteiger partial charge in [0.15, 0.2) is 0 Å². The Labute approximate surface area is 216 Å². The Morgan fingerprint density at radius 2 is 1.92 bits per heavy atom. The van der Waals surface area contributed by atoms with Gasteiger partial charge in [0, 0.05) is 22.5 Å². The first-order chi connectivity index (χ1) is 17.0. The lowest BCUT2D eigenvalue weighted by molar-refractivity contribution is -0.136. The molecule has 36 heavy (non-hydrogen) atoms. The largest absolute Gasteiger partial charge is 0.491 e. The fraction of sp³-hybridized carbons (Fsp3) is 0.379. The molecule has 0 aliphatic carbocycles. The van der Waals surface area contributed by atoms with Crippen LogP contribution in [-0.4, -0.2) is 46.8 Å². The van der Waals surface area contributed by atoms with Crippen LogP contribution in [0.5, 0.6) is 5.75 Å².